The molecule has 6 aliphatic rings. The number of hydrogen-bond acceptors (Lipinski definition) is 22. The van der Waals surface area contributed by atoms with Gasteiger partial charge in [0.15, 0.2) is 64.2 Å². The van der Waals surface area contributed by atoms with Gasteiger partial charge in [0.05, 0.1) is 69.1 Å². The highest BCUT2D eigenvalue weighted by atomic mass is 16.6. The van der Waals surface area contributed by atoms with Crippen LogP contribution in [0.25, 0.3) is 0 Å². The van der Waals surface area contributed by atoms with Gasteiger partial charge in [-0.25, -0.2) is 4.79 Å². The predicted molar refractivity (Wildman–Crippen MR) is 425 cm³/mol. The second-order valence-electron chi connectivity index (χ2n) is 30.0. The zero-order valence-electron chi connectivity index (χ0n) is 67.1. The number of ether oxygens (including phenoxy) is 12. The van der Waals surface area contributed by atoms with Crippen LogP contribution < -0.4 is 42.6 Å². The first-order chi connectivity index (χ1) is 54.4. The number of benzene rings is 6. The molecule has 0 radical (unpaired) electrons. The molecule has 3 fully saturated rings. The van der Waals surface area contributed by atoms with Gasteiger partial charge in [-0.3, -0.25) is 43.5 Å². The van der Waals surface area contributed by atoms with Gasteiger partial charge in [0, 0.05) is 78.9 Å². The van der Waals surface area contributed by atoms with Crippen LogP contribution in [0.2, 0.25) is 0 Å². The fraction of sp³-hybridized carbons (Fsp3) is 0.522. The molecular formula is C90H115N3O19. The Hall–Kier alpha value is -9.51. The molecule has 604 valence electrons. The standard InChI is InChI=1S/C32H41NO7.C30H39NO6.C28H35NO6/c1-4-39-31(35)10-6-8-26(34)21-40-27-9-5-7-23(16-27)20-33-13-11-22(12-14-33)15-25-17-24-18-29(37-2)30(38-3)19-28(24)32(25)36;1-4-36-29(32)6-5-15-37-25-9-7-22(8-10-25)20-31-13-11-21(12-14-31)16-24-17-23-18-27(34-2)28(35-3)19-26(23)30(24)33;1-4-34-27(30)18-35-24-8-6-5-7-20(24)17-29-11-9-19(10-12-29)13-22-14-21-15-25(32-2)26(33-3)16-23(21)28(22)31/h5,7,9,16,18-19,22,25H,4,6,8,10-15,17,20-21H2,1-3H3;7-10,18-19,21,24H,4-6,11-17,20H2,1-3H3;5-8,15-16,19,22H,4,9-14,17-18H2,1-3H3. The van der Waals surface area contributed by atoms with E-state index >= 15 is 0 Å². The van der Waals surface area contributed by atoms with Crippen molar-refractivity contribution in [3.8, 4) is 51.7 Å². The Balaban J connectivity index is 0.000000179. The molecule has 3 aliphatic carbocycles. The van der Waals surface area contributed by atoms with Crippen molar-refractivity contribution >= 4 is 41.0 Å². The van der Waals surface area contributed by atoms with Crippen molar-refractivity contribution in [3.63, 3.8) is 0 Å². The molecule has 0 spiro atoms. The van der Waals surface area contributed by atoms with E-state index in [1.54, 1.807) is 56.5 Å². The molecule has 3 saturated heterocycles. The molecule has 112 heavy (non-hydrogen) atoms. The molecule has 3 aliphatic heterocycles. The van der Waals surface area contributed by atoms with Crippen LogP contribution in [0.4, 0.5) is 0 Å². The quantitative estimate of drug-likeness (QED) is 0.0202. The van der Waals surface area contributed by atoms with Crippen LogP contribution in [0.3, 0.4) is 0 Å². The first kappa shape index (κ1) is 84.9. The van der Waals surface area contributed by atoms with Crippen LogP contribution in [0, 0.1) is 35.5 Å². The lowest BCUT2D eigenvalue weighted by molar-refractivity contribution is -0.145. The monoisotopic (exact) mass is 1540 g/mol. The van der Waals surface area contributed by atoms with Crippen molar-refractivity contribution in [2.75, 3.05) is 122 Å². The van der Waals surface area contributed by atoms with Crippen molar-refractivity contribution < 1.29 is 90.4 Å². The number of carbonyl (C=O) groups excluding carboxylic acids is 7. The summed E-state index contributed by atoms with van der Waals surface area (Å²) in [5, 5.41) is 0. The van der Waals surface area contributed by atoms with Crippen LogP contribution in [0.1, 0.15) is 175 Å². The summed E-state index contributed by atoms with van der Waals surface area (Å²) in [4.78, 5) is 93.2. The number of piperidine rings is 3. The minimum atomic E-state index is -0.358. The third-order valence-electron chi connectivity index (χ3n) is 22.4. The molecule has 3 atom stereocenters. The summed E-state index contributed by atoms with van der Waals surface area (Å²) in [6.07, 6.45) is 13.7. The lowest BCUT2D eigenvalue weighted by Crippen LogP contribution is -2.34. The molecule has 0 N–H and O–H groups in total. The first-order valence-electron chi connectivity index (χ1n) is 40.1. The minimum Gasteiger partial charge on any atom is -0.494 e. The molecule has 22 nitrogen and oxygen atoms in total. The number of likely N-dealkylation sites (tertiary alicyclic amines) is 3. The zero-order chi connectivity index (χ0) is 79.5. The van der Waals surface area contributed by atoms with Gasteiger partial charge in [-0.05, 0) is 262 Å². The number of esters is 3. The Bertz CT molecular complexity index is 4120. The van der Waals surface area contributed by atoms with Crippen molar-refractivity contribution in [1.82, 2.24) is 14.7 Å². The fourth-order valence-electron chi connectivity index (χ4n) is 16.4. The van der Waals surface area contributed by atoms with Gasteiger partial charge in [0.25, 0.3) is 0 Å². The largest absolute Gasteiger partial charge is 0.494 e. The van der Waals surface area contributed by atoms with E-state index in [0.29, 0.717) is 110 Å². The number of Topliss-reactive ketones (excluding diaryl/α,β-unsaturated/α-hetero) is 4. The summed E-state index contributed by atoms with van der Waals surface area (Å²) in [6, 6.07) is 35.4. The van der Waals surface area contributed by atoms with Gasteiger partial charge in [-0.1, -0.05) is 42.5 Å². The molecule has 3 unspecified atom stereocenters. The predicted octanol–water partition coefficient (Wildman–Crippen LogP) is 14.4. The SMILES string of the molecule is CCOC(=O)CCCC(=O)COc1cccc(CN2CCC(CC3Cc4cc(OC)c(OC)cc4C3=O)CC2)c1.CCOC(=O)CCCOc1ccc(CN2CCC(CC3Cc4cc(OC)c(OC)cc4C3=O)CC2)cc1.CCOC(=O)COc1ccccc1CN1CCC(CC2Cc3cc(OC)c(OC)cc3C2=O)CC1. The molecule has 3 heterocycles. The topological polar surface area (TPSA) is 240 Å². The summed E-state index contributed by atoms with van der Waals surface area (Å²) in [7, 11) is 9.67. The van der Waals surface area contributed by atoms with Gasteiger partial charge < -0.3 is 56.8 Å². The number of hydrogen-bond donors (Lipinski definition) is 0. The second kappa shape index (κ2) is 42.9. The smallest absolute Gasteiger partial charge is 0.344 e. The fourth-order valence-corrected chi connectivity index (χ4v) is 16.4. The third kappa shape index (κ3) is 24.0. The van der Waals surface area contributed by atoms with E-state index < -0.39 is 0 Å². The molecule has 6 aromatic rings. The maximum atomic E-state index is 13.1. The average molecular weight is 1540 g/mol. The highest BCUT2D eigenvalue weighted by Crippen LogP contribution is 2.44. The van der Waals surface area contributed by atoms with Crippen LogP contribution in [-0.4, -0.2) is 177 Å². The molecule has 0 saturated carbocycles. The maximum absolute atomic E-state index is 13.1. The Morgan fingerprint density at radius 3 is 1.23 bits per heavy atom. The van der Waals surface area contributed by atoms with Gasteiger partial charge >= 0.3 is 17.9 Å². The summed E-state index contributed by atoms with van der Waals surface area (Å²) >= 11 is 0. The van der Waals surface area contributed by atoms with E-state index in [-0.39, 0.29) is 78.4 Å². The zero-order valence-corrected chi connectivity index (χ0v) is 67.1. The molecule has 0 amide bonds. The summed E-state index contributed by atoms with van der Waals surface area (Å²) in [5.41, 5.74) is 9.05. The normalized spacial score (nSPS) is 17.8. The van der Waals surface area contributed by atoms with Crippen LogP contribution in [-0.2, 0) is 72.3 Å². The number of fused-ring (bicyclic) bond motifs is 3. The summed E-state index contributed by atoms with van der Waals surface area (Å²) in [5.74, 6) is 7.78. The highest BCUT2D eigenvalue weighted by Gasteiger charge is 2.38. The van der Waals surface area contributed by atoms with E-state index in [0.717, 1.165) is 192 Å². The molecule has 0 bridgehead atoms. The minimum absolute atomic E-state index is 0.000983. The van der Waals surface area contributed by atoms with Crippen LogP contribution >= 0.6 is 0 Å². The summed E-state index contributed by atoms with van der Waals surface area (Å²) < 4.78 is 64.4. The van der Waals surface area contributed by atoms with E-state index in [4.69, 9.17) is 56.8 Å². The van der Waals surface area contributed by atoms with Crippen molar-refractivity contribution in [1.29, 1.82) is 0 Å². The average Bonchev–Trinajstić information content (AvgIpc) is 1.65. The molecular weight excluding hydrogens is 1430 g/mol. The number of carbonyl (C=O) groups is 7. The van der Waals surface area contributed by atoms with E-state index in [1.165, 1.54) is 5.56 Å². The van der Waals surface area contributed by atoms with Gasteiger partial charge in [0.1, 0.15) is 23.9 Å². The first-order valence-corrected chi connectivity index (χ1v) is 40.1. The highest BCUT2D eigenvalue weighted by molar-refractivity contribution is 6.04. The van der Waals surface area contributed by atoms with Crippen LogP contribution in [0.5, 0.6) is 51.7 Å². The van der Waals surface area contributed by atoms with E-state index in [9.17, 15) is 33.6 Å². The Morgan fingerprint density at radius 2 is 0.786 bits per heavy atom. The lowest BCUT2D eigenvalue weighted by Gasteiger charge is -2.33. The van der Waals surface area contributed by atoms with Gasteiger partial charge in [-0.15, -0.1) is 0 Å². The summed E-state index contributed by atoms with van der Waals surface area (Å²) in [6.45, 7) is 15.5. The van der Waals surface area contributed by atoms with Crippen LogP contribution in [0.15, 0.2) is 109 Å². The Kier molecular flexibility index (Phi) is 32.6. The van der Waals surface area contributed by atoms with Gasteiger partial charge in [0.2, 0.25) is 0 Å². The third-order valence-corrected chi connectivity index (χ3v) is 22.4. The Morgan fingerprint density at radius 1 is 0.375 bits per heavy atom. The number of nitrogens with zero attached hydrogens (tertiary/aromatic N) is 3. The van der Waals surface area contributed by atoms with E-state index in [2.05, 4.69) is 32.9 Å². The Labute approximate surface area is 660 Å². The number of ketones is 4. The molecule has 0 aromatic heterocycles. The number of para-hydroxylation sites is 1. The van der Waals surface area contributed by atoms with E-state index in [1.807, 2.05) is 97.9 Å². The number of methoxy groups -OCH3 is 6. The van der Waals surface area contributed by atoms with Crippen molar-refractivity contribution in [2.24, 2.45) is 35.5 Å². The van der Waals surface area contributed by atoms with Crippen molar-refractivity contribution in [2.45, 2.75) is 150 Å². The van der Waals surface area contributed by atoms with Gasteiger partial charge in [-0.2, -0.15) is 0 Å². The lowest BCUT2D eigenvalue weighted by atomic mass is 9.85. The second-order valence-corrected chi connectivity index (χ2v) is 30.0. The number of rotatable bonds is 36. The maximum Gasteiger partial charge on any atom is 0.344 e. The van der Waals surface area contributed by atoms with Crippen molar-refractivity contribution in [3.05, 3.63) is 159 Å². The molecule has 12 rings (SSSR count). The molecule has 6 aromatic carbocycles. The molecule has 22 heteroatoms.